The Labute approximate surface area is 99.4 Å². The molecule has 0 aliphatic heterocycles. The van der Waals surface area contributed by atoms with Crippen molar-refractivity contribution in [3.05, 3.63) is 45.6 Å². The van der Waals surface area contributed by atoms with Crippen molar-refractivity contribution < 1.29 is 0 Å². The predicted octanol–water partition coefficient (Wildman–Crippen LogP) is 5.10. The van der Waals surface area contributed by atoms with E-state index >= 15 is 0 Å². The number of hydrogen-bond acceptors (Lipinski definition) is 0. The molecule has 2 rings (SSSR count). The summed E-state index contributed by atoms with van der Waals surface area (Å²) in [6.07, 6.45) is 9.61. The van der Waals surface area contributed by atoms with Gasteiger partial charge in [0.05, 0.1) is 0 Å². The van der Waals surface area contributed by atoms with Crippen molar-refractivity contribution in [2.24, 2.45) is 0 Å². The molecule has 16 heavy (non-hydrogen) atoms. The fourth-order valence-corrected chi connectivity index (χ4v) is 2.56. The van der Waals surface area contributed by atoms with Gasteiger partial charge in [0.15, 0.2) is 0 Å². The van der Waals surface area contributed by atoms with Crippen LogP contribution in [-0.2, 0) is 0 Å². The highest BCUT2D eigenvalue weighted by Gasteiger charge is 2.14. The first-order valence-electron chi connectivity index (χ1n) is 6.31. The standard InChI is InChI=1S/C16H22/c1-11-5-7-15(13(11)3)9-10-16-8-6-12(2)14(16)4/h7-8H,5-6,9-10H2,1-4H3. The summed E-state index contributed by atoms with van der Waals surface area (Å²) in [6, 6.07) is 0. The van der Waals surface area contributed by atoms with Gasteiger partial charge >= 0.3 is 0 Å². The Kier molecular flexibility index (Phi) is 3.18. The molecule has 0 saturated heterocycles. The summed E-state index contributed by atoms with van der Waals surface area (Å²) >= 11 is 0. The molecule has 0 heteroatoms. The molecular weight excluding hydrogens is 192 g/mol. The van der Waals surface area contributed by atoms with Crippen LogP contribution < -0.4 is 0 Å². The van der Waals surface area contributed by atoms with Gasteiger partial charge in [-0.15, -0.1) is 0 Å². The van der Waals surface area contributed by atoms with Crippen LogP contribution >= 0.6 is 0 Å². The van der Waals surface area contributed by atoms with Crippen molar-refractivity contribution in [1.29, 1.82) is 0 Å². The van der Waals surface area contributed by atoms with E-state index in [1.54, 1.807) is 22.3 Å². The smallest absolute Gasteiger partial charge is 0.0130 e. The largest absolute Gasteiger partial charge is 0.0770 e. The molecule has 0 fully saturated rings. The van der Waals surface area contributed by atoms with Crippen LogP contribution in [0.3, 0.4) is 0 Å². The summed E-state index contributed by atoms with van der Waals surface area (Å²) in [5.74, 6) is 0. The Hall–Kier alpha value is -1.04. The second-order valence-corrected chi connectivity index (χ2v) is 5.18. The molecule has 86 valence electrons. The Morgan fingerprint density at radius 3 is 1.38 bits per heavy atom. The molecule has 0 radical (unpaired) electrons. The minimum Gasteiger partial charge on any atom is -0.0770 e. The van der Waals surface area contributed by atoms with E-state index < -0.39 is 0 Å². The summed E-state index contributed by atoms with van der Waals surface area (Å²) < 4.78 is 0. The molecule has 2 aliphatic carbocycles. The van der Waals surface area contributed by atoms with E-state index in [1.165, 1.54) is 36.8 Å². The third-order valence-corrected chi connectivity index (χ3v) is 4.22. The van der Waals surface area contributed by atoms with Crippen LogP contribution in [0.25, 0.3) is 0 Å². The molecule has 0 saturated carbocycles. The van der Waals surface area contributed by atoms with Gasteiger partial charge in [0, 0.05) is 0 Å². The fraction of sp³-hybridized carbons (Fsp3) is 0.500. The Bertz CT molecular complexity index is 383. The van der Waals surface area contributed by atoms with Crippen LogP contribution in [-0.4, -0.2) is 0 Å². The van der Waals surface area contributed by atoms with Gasteiger partial charge in [-0.3, -0.25) is 0 Å². The number of hydrogen-bond donors (Lipinski definition) is 0. The Balaban J connectivity index is 1.96. The van der Waals surface area contributed by atoms with Gasteiger partial charge in [0.2, 0.25) is 0 Å². The number of allylic oxidation sites excluding steroid dienone is 8. The van der Waals surface area contributed by atoms with E-state index in [0.717, 1.165) is 0 Å². The lowest BCUT2D eigenvalue weighted by molar-refractivity contribution is 0.941. The number of rotatable bonds is 3. The summed E-state index contributed by atoms with van der Waals surface area (Å²) in [5, 5.41) is 0. The summed E-state index contributed by atoms with van der Waals surface area (Å²) in [5.41, 5.74) is 9.35. The molecule has 0 unspecified atom stereocenters. The van der Waals surface area contributed by atoms with Gasteiger partial charge in [-0.05, 0) is 75.7 Å². The van der Waals surface area contributed by atoms with Crippen molar-refractivity contribution in [3.63, 3.8) is 0 Å². The first-order chi connectivity index (χ1) is 7.59. The van der Waals surface area contributed by atoms with Crippen molar-refractivity contribution in [3.8, 4) is 0 Å². The molecule has 0 N–H and O–H groups in total. The molecule has 0 aromatic carbocycles. The minimum atomic E-state index is 1.17. The summed E-state index contributed by atoms with van der Waals surface area (Å²) in [4.78, 5) is 0. The molecule has 0 spiro atoms. The normalized spacial score (nSPS) is 20.8. The van der Waals surface area contributed by atoms with E-state index in [2.05, 4.69) is 39.8 Å². The maximum Gasteiger partial charge on any atom is -0.0130 e. The third-order valence-electron chi connectivity index (χ3n) is 4.22. The van der Waals surface area contributed by atoms with E-state index in [-0.39, 0.29) is 0 Å². The Morgan fingerprint density at radius 1 is 0.750 bits per heavy atom. The van der Waals surface area contributed by atoms with Gasteiger partial charge < -0.3 is 0 Å². The van der Waals surface area contributed by atoms with E-state index in [4.69, 9.17) is 0 Å². The van der Waals surface area contributed by atoms with Crippen LogP contribution in [0, 0.1) is 0 Å². The van der Waals surface area contributed by atoms with Crippen molar-refractivity contribution >= 4 is 0 Å². The average Bonchev–Trinajstić information content (AvgIpc) is 2.74. The SMILES string of the molecule is CC1=C(C)C(CCC2=CCC(C)=C2C)=CC1. The van der Waals surface area contributed by atoms with Crippen LogP contribution in [0.5, 0.6) is 0 Å². The Morgan fingerprint density at radius 2 is 1.12 bits per heavy atom. The molecule has 2 aliphatic rings. The summed E-state index contributed by atoms with van der Waals surface area (Å²) in [6.45, 7) is 9.04. The van der Waals surface area contributed by atoms with E-state index in [9.17, 15) is 0 Å². The van der Waals surface area contributed by atoms with Crippen LogP contribution in [0.1, 0.15) is 53.4 Å². The van der Waals surface area contributed by atoms with Gasteiger partial charge in [-0.2, -0.15) is 0 Å². The maximum absolute atomic E-state index is 2.41. The zero-order valence-electron chi connectivity index (χ0n) is 11.0. The van der Waals surface area contributed by atoms with E-state index in [1.807, 2.05) is 0 Å². The van der Waals surface area contributed by atoms with Crippen LogP contribution in [0.15, 0.2) is 45.6 Å². The molecule has 0 heterocycles. The molecule has 0 bridgehead atoms. The lowest BCUT2D eigenvalue weighted by atomic mass is 9.98. The second-order valence-electron chi connectivity index (χ2n) is 5.18. The molecule has 0 atom stereocenters. The topological polar surface area (TPSA) is 0 Å². The van der Waals surface area contributed by atoms with Crippen molar-refractivity contribution in [1.82, 2.24) is 0 Å². The molecule has 0 aromatic heterocycles. The molecule has 0 aromatic rings. The monoisotopic (exact) mass is 214 g/mol. The minimum absolute atomic E-state index is 1.17. The first kappa shape index (κ1) is 11.4. The highest BCUT2D eigenvalue weighted by atomic mass is 14.2. The molecular formula is C16H22. The average molecular weight is 214 g/mol. The maximum atomic E-state index is 2.41. The second kappa shape index (κ2) is 4.45. The van der Waals surface area contributed by atoms with Gasteiger partial charge in [-0.25, -0.2) is 0 Å². The van der Waals surface area contributed by atoms with Crippen molar-refractivity contribution in [2.75, 3.05) is 0 Å². The lowest BCUT2D eigenvalue weighted by Crippen LogP contribution is -1.88. The first-order valence-corrected chi connectivity index (χ1v) is 6.31. The molecule has 0 nitrogen and oxygen atoms in total. The van der Waals surface area contributed by atoms with Crippen molar-refractivity contribution in [2.45, 2.75) is 53.4 Å². The van der Waals surface area contributed by atoms with Gasteiger partial charge in [-0.1, -0.05) is 23.3 Å². The van der Waals surface area contributed by atoms with E-state index in [0.29, 0.717) is 0 Å². The zero-order chi connectivity index (χ0) is 11.7. The third kappa shape index (κ3) is 2.07. The van der Waals surface area contributed by atoms with Gasteiger partial charge in [0.1, 0.15) is 0 Å². The van der Waals surface area contributed by atoms with Crippen LogP contribution in [0.2, 0.25) is 0 Å². The highest BCUT2D eigenvalue weighted by Crippen LogP contribution is 2.33. The molecule has 0 amide bonds. The zero-order valence-corrected chi connectivity index (χ0v) is 11.0. The summed E-state index contributed by atoms with van der Waals surface area (Å²) in [7, 11) is 0. The lowest BCUT2D eigenvalue weighted by Gasteiger charge is -2.08. The fourth-order valence-electron chi connectivity index (χ4n) is 2.56. The highest BCUT2D eigenvalue weighted by molar-refractivity contribution is 5.44. The van der Waals surface area contributed by atoms with Crippen LogP contribution in [0.4, 0.5) is 0 Å². The quantitative estimate of drug-likeness (QED) is 0.613. The predicted molar refractivity (Wildman–Crippen MR) is 71.4 cm³/mol. The van der Waals surface area contributed by atoms with Gasteiger partial charge in [0.25, 0.3) is 0 Å².